The van der Waals surface area contributed by atoms with Gasteiger partial charge in [-0.15, -0.1) is 0 Å². The summed E-state index contributed by atoms with van der Waals surface area (Å²) in [6, 6.07) is 0. The van der Waals surface area contributed by atoms with Gasteiger partial charge in [0, 0.05) is 6.92 Å². The molecule has 0 aromatic rings. The van der Waals surface area contributed by atoms with Gasteiger partial charge in [-0.1, -0.05) is 6.58 Å². The highest BCUT2D eigenvalue weighted by molar-refractivity contribution is 6.02. The van der Waals surface area contributed by atoms with Gasteiger partial charge in [-0.05, 0) is 41.5 Å². The van der Waals surface area contributed by atoms with Crippen molar-refractivity contribution in [2.45, 2.75) is 59.7 Å². The second kappa shape index (κ2) is 6.07. The van der Waals surface area contributed by atoms with Crippen LogP contribution in [0.25, 0.3) is 0 Å². The molecule has 0 N–H and O–H groups in total. The highest BCUT2D eigenvalue weighted by Gasteiger charge is 2.34. The predicted molar refractivity (Wildman–Crippen MR) is 74.1 cm³/mol. The van der Waals surface area contributed by atoms with Gasteiger partial charge in [0.05, 0.1) is 5.70 Å². The van der Waals surface area contributed by atoms with Crippen LogP contribution in [0.2, 0.25) is 0 Å². The average molecular weight is 285 g/mol. The van der Waals surface area contributed by atoms with E-state index in [-0.39, 0.29) is 5.70 Å². The van der Waals surface area contributed by atoms with Crippen molar-refractivity contribution in [3.63, 3.8) is 0 Å². The molecule has 0 rings (SSSR count). The van der Waals surface area contributed by atoms with Crippen LogP contribution >= 0.6 is 0 Å². The number of carbonyl (C=O) groups excluding carboxylic acids is 3. The van der Waals surface area contributed by atoms with Crippen molar-refractivity contribution in [1.29, 1.82) is 0 Å². The summed E-state index contributed by atoms with van der Waals surface area (Å²) in [6.45, 7) is 14.5. The summed E-state index contributed by atoms with van der Waals surface area (Å²) in [4.78, 5) is 35.9. The van der Waals surface area contributed by atoms with Crippen LogP contribution in [0.1, 0.15) is 48.5 Å². The first-order valence-corrected chi connectivity index (χ1v) is 6.20. The molecule has 0 aromatic carbocycles. The molecule has 6 heteroatoms. The first kappa shape index (κ1) is 18.1. The Balaban J connectivity index is 5.30. The van der Waals surface area contributed by atoms with Crippen molar-refractivity contribution in [3.05, 3.63) is 12.3 Å². The maximum absolute atomic E-state index is 12.0. The molecule has 0 unspecified atom stereocenters. The Morgan fingerprint density at radius 2 is 1.15 bits per heavy atom. The SMILES string of the molecule is C=C(C(C)=O)N(C(=O)OC(C)(C)C)C(=O)OC(C)(C)C. The van der Waals surface area contributed by atoms with E-state index in [4.69, 9.17) is 9.47 Å². The van der Waals surface area contributed by atoms with Crippen LogP contribution in [0, 0.1) is 0 Å². The summed E-state index contributed by atoms with van der Waals surface area (Å²) < 4.78 is 10.2. The van der Waals surface area contributed by atoms with Crippen molar-refractivity contribution in [2.24, 2.45) is 0 Å². The zero-order chi connectivity index (χ0) is 16.3. The second-order valence-corrected chi connectivity index (χ2v) is 6.30. The van der Waals surface area contributed by atoms with Crippen LogP contribution in [0.5, 0.6) is 0 Å². The van der Waals surface area contributed by atoms with Gasteiger partial charge < -0.3 is 9.47 Å². The van der Waals surface area contributed by atoms with Gasteiger partial charge in [0.2, 0.25) is 0 Å². The third kappa shape index (κ3) is 6.36. The quantitative estimate of drug-likeness (QED) is 0.728. The molecule has 114 valence electrons. The van der Waals surface area contributed by atoms with Crippen LogP contribution in [-0.4, -0.2) is 34.1 Å². The molecule has 0 spiro atoms. The van der Waals surface area contributed by atoms with Gasteiger partial charge in [-0.25, -0.2) is 9.59 Å². The molecule has 0 aliphatic carbocycles. The van der Waals surface area contributed by atoms with Crippen LogP contribution in [-0.2, 0) is 14.3 Å². The zero-order valence-corrected chi connectivity index (χ0v) is 13.2. The molecule has 0 bridgehead atoms. The molecular formula is C14H23NO5. The minimum absolute atomic E-state index is 0.298. The fraction of sp³-hybridized carbons (Fsp3) is 0.643. The fourth-order valence-electron chi connectivity index (χ4n) is 1.07. The third-order valence-corrected chi connectivity index (χ3v) is 1.83. The summed E-state index contributed by atoms with van der Waals surface area (Å²) in [5.74, 6) is -0.526. The predicted octanol–water partition coefficient (Wildman–Crippen LogP) is 3.26. The van der Waals surface area contributed by atoms with E-state index in [1.807, 2.05) is 0 Å². The standard InChI is InChI=1S/C14H23NO5/c1-9(10(2)16)15(11(17)19-13(3,4)5)12(18)20-14(6,7)8/h1H2,2-8H3. The maximum atomic E-state index is 12.0. The molecule has 20 heavy (non-hydrogen) atoms. The van der Waals surface area contributed by atoms with Crippen molar-refractivity contribution in [3.8, 4) is 0 Å². The molecule has 0 aliphatic heterocycles. The molecular weight excluding hydrogens is 262 g/mol. The lowest BCUT2D eigenvalue weighted by Crippen LogP contribution is -2.44. The Hall–Kier alpha value is -1.85. The molecule has 0 atom stereocenters. The van der Waals surface area contributed by atoms with Crippen molar-refractivity contribution >= 4 is 18.0 Å². The van der Waals surface area contributed by atoms with Gasteiger partial charge >= 0.3 is 12.2 Å². The van der Waals surface area contributed by atoms with Crippen molar-refractivity contribution in [1.82, 2.24) is 4.90 Å². The van der Waals surface area contributed by atoms with Crippen LogP contribution in [0.4, 0.5) is 9.59 Å². The van der Waals surface area contributed by atoms with E-state index in [1.165, 1.54) is 6.92 Å². The Kier molecular flexibility index (Phi) is 5.51. The number of amides is 2. The fourth-order valence-corrected chi connectivity index (χ4v) is 1.07. The Labute approximate surface area is 119 Å². The monoisotopic (exact) mass is 285 g/mol. The number of hydrogen-bond acceptors (Lipinski definition) is 5. The van der Waals surface area contributed by atoms with Gasteiger partial charge in [-0.2, -0.15) is 4.90 Å². The number of Topliss-reactive ketones (excluding diaryl/α,β-unsaturated/α-hetero) is 1. The van der Waals surface area contributed by atoms with E-state index in [2.05, 4.69) is 6.58 Å². The van der Waals surface area contributed by atoms with E-state index in [0.717, 1.165) is 0 Å². The Morgan fingerprint density at radius 1 is 0.850 bits per heavy atom. The van der Waals surface area contributed by atoms with Crippen LogP contribution < -0.4 is 0 Å². The van der Waals surface area contributed by atoms with Gasteiger partial charge in [-0.3, -0.25) is 4.79 Å². The highest BCUT2D eigenvalue weighted by Crippen LogP contribution is 2.17. The topological polar surface area (TPSA) is 72.9 Å². The minimum atomic E-state index is -0.994. The number of rotatable bonds is 2. The van der Waals surface area contributed by atoms with Crippen LogP contribution in [0.15, 0.2) is 12.3 Å². The highest BCUT2D eigenvalue weighted by atomic mass is 16.6. The smallest absolute Gasteiger partial charge is 0.424 e. The van der Waals surface area contributed by atoms with E-state index in [1.54, 1.807) is 41.5 Å². The third-order valence-electron chi connectivity index (χ3n) is 1.83. The number of ether oxygens (including phenoxy) is 2. The lowest BCUT2D eigenvalue weighted by atomic mass is 10.2. The summed E-state index contributed by atoms with van der Waals surface area (Å²) in [5.41, 5.74) is -1.92. The lowest BCUT2D eigenvalue weighted by Gasteiger charge is -2.28. The molecule has 0 fully saturated rings. The molecule has 0 heterocycles. The Morgan fingerprint density at radius 3 is 1.35 bits per heavy atom. The van der Waals surface area contributed by atoms with E-state index in [0.29, 0.717) is 4.90 Å². The summed E-state index contributed by atoms with van der Waals surface area (Å²) in [7, 11) is 0. The molecule has 0 saturated heterocycles. The largest absolute Gasteiger partial charge is 0.443 e. The number of carbonyl (C=O) groups is 3. The van der Waals surface area contributed by atoms with Crippen LogP contribution in [0.3, 0.4) is 0 Å². The second-order valence-electron chi connectivity index (χ2n) is 6.30. The first-order chi connectivity index (χ1) is 8.74. The zero-order valence-electron chi connectivity index (χ0n) is 13.2. The van der Waals surface area contributed by atoms with E-state index >= 15 is 0 Å². The molecule has 0 radical (unpaired) electrons. The summed E-state index contributed by atoms with van der Waals surface area (Å²) in [5, 5.41) is 0. The number of nitrogens with zero attached hydrogens (tertiary/aromatic N) is 1. The Bertz CT molecular complexity index is 398. The van der Waals surface area contributed by atoms with Crippen molar-refractivity contribution in [2.75, 3.05) is 0 Å². The maximum Gasteiger partial charge on any atom is 0.424 e. The first-order valence-electron chi connectivity index (χ1n) is 6.20. The molecule has 2 amide bonds. The van der Waals surface area contributed by atoms with Crippen molar-refractivity contribution < 1.29 is 23.9 Å². The lowest BCUT2D eigenvalue weighted by molar-refractivity contribution is -0.115. The summed E-state index contributed by atoms with van der Waals surface area (Å²) >= 11 is 0. The molecule has 0 saturated carbocycles. The van der Waals surface area contributed by atoms with E-state index < -0.39 is 29.2 Å². The minimum Gasteiger partial charge on any atom is -0.443 e. The summed E-state index contributed by atoms with van der Waals surface area (Å²) in [6.07, 6.45) is -1.99. The molecule has 0 aliphatic rings. The number of hydrogen-bond donors (Lipinski definition) is 0. The molecule has 6 nitrogen and oxygen atoms in total. The molecule has 0 aromatic heterocycles. The van der Waals surface area contributed by atoms with Gasteiger partial charge in [0.15, 0.2) is 5.78 Å². The number of allylic oxidation sites excluding steroid dienone is 1. The van der Waals surface area contributed by atoms with Gasteiger partial charge in [0.25, 0.3) is 0 Å². The number of ketones is 1. The normalized spacial score (nSPS) is 11.6. The number of imide groups is 1. The average Bonchev–Trinajstić information content (AvgIpc) is 2.10. The van der Waals surface area contributed by atoms with Gasteiger partial charge in [0.1, 0.15) is 11.2 Å². The van der Waals surface area contributed by atoms with E-state index in [9.17, 15) is 14.4 Å².